The molecule has 0 N–H and O–H groups in total. The van der Waals surface area contributed by atoms with Gasteiger partial charge in [-0.1, -0.05) is 24.3 Å². The molecule has 1 spiro atoms. The number of benzene rings is 2. The number of likely N-dealkylation sites (tertiary alicyclic amines) is 1. The van der Waals surface area contributed by atoms with Gasteiger partial charge in [0, 0.05) is 44.4 Å². The number of rotatable bonds is 7. The zero-order valence-corrected chi connectivity index (χ0v) is 20.1. The van der Waals surface area contributed by atoms with Crippen LogP contribution in [0.15, 0.2) is 53.9 Å². The van der Waals surface area contributed by atoms with E-state index in [0.29, 0.717) is 64.5 Å². The summed E-state index contributed by atoms with van der Waals surface area (Å²) in [5.41, 5.74) is 2.36. The molecule has 2 saturated heterocycles. The van der Waals surface area contributed by atoms with Crippen molar-refractivity contribution in [1.82, 2.24) is 14.8 Å². The van der Waals surface area contributed by atoms with E-state index in [0.717, 1.165) is 16.1 Å². The van der Waals surface area contributed by atoms with Gasteiger partial charge < -0.3 is 14.4 Å². The Kier molecular flexibility index (Phi) is 7.19. The van der Waals surface area contributed by atoms with E-state index in [-0.39, 0.29) is 17.5 Å². The van der Waals surface area contributed by atoms with Crippen LogP contribution in [0.3, 0.4) is 0 Å². The second-order valence-electron chi connectivity index (χ2n) is 8.92. The van der Waals surface area contributed by atoms with Gasteiger partial charge >= 0.3 is 0 Å². The highest BCUT2D eigenvalue weighted by Crippen LogP contribution is 2.32. The summed E-state index contributed by atoms with van der Waals surface area (Å²) in [6.45, 7) is 4.01. The average Bonchev–Trinajstić information content (AvgIpc) is 3.52. The van der Waals surface area contributed by atoms with Crippen LogP contribution in [0.4, 0.5) is 8.78 Å². The van der Waals surface area contributed by atoms with Crippen molar-refractivity contribution in [2.24, 2.45) is 0 Å². The first-order chi connectivity index (χ1) is 17.0. The van der Waals surface area contributed by atoms with Gasteiger partial charge in [-0.25, -0.2) is 13.8 Å². The number of thiazole rings is 1. The molecule has 9 heteroatoms. The first-order valence-electron chi connectivity index (χ1n) is 11.7. The number of amides is 1. The summed E-state index contributed by atoms with van der Waals surface area (Å²) in [4.78, 5) is 21.6. The van der Waals surface area contributed by atoms with Gasteiger partial charge in [-0.15, -0.1) is 11.3 Å². The fraction of sp³-hybridized carbons (Fsp3) is 0.385. The number of carbonyl (C=O) groups is 1. The number of nitrogens with zero attached hydrogens (tertiary/aromatic N) is 3. The first kappa shape index (κ1) is 24.0. The van der Waals surface area contributed by atoms with Crippen LogP contribution in [0.5, 0.6) is 0 Å². The van der Waals surface area contributed by atoms with E-state index in [1.165, 1.54) is 35.6 Å². The van der Waals surface area contributed by atoms with Gasteiger partial charge in [-0.05, 0) is 35.4 Å². The molecule has 3 aromatic rings. The van der Waals surface area contributed by atoms with Crippen LogP contribution in [0.25, 0.3) is 0 Å². The Balaban J connectivity index is 1.25. The first-order valence-corrected chi connectivity index (χ1v) is 12.6. The largest absolute Gasteiger partial charge is 0.347 e. The number of piperidine rings is 1. The molecule has 2 aromatic carbocycles. The van der Waals surface area contributed by atoms with Gasteiger partial charge in [0.05, 0.1) is 19.8 Å². The van der Waals surface area contributed by atoms with E-state index in [4.69, 9.17) is 9.47 Å². The molecule has 35 heavy (non-hydrogen) atoms. The van der Waals surface area contributed by atoms with Crippen molar-refractivity contribution in [3.63, 3.8) is 0 Å². The molecule has 2 aliphatic rings. The smallest absolute Gasteiger partial charge is 0.273 e. The molecule has 0 aliphatic carbocycles. The molecule has 0 radical (unpaired) electrons. The zero-order chi connectivity index (χ0) is 24.3. The number of hydrogen-bond acceptors (Lipinski definition) is 6. The van der Waals surface area contributed by atoms with Gasteiger partial charge in [-0.3, -0.25) is 9.69 Å². The van der Waals surface area contributed by atoms with Crippen molar-refractivity contribution < 1.29 is 23.0 Å². The summed E-state index contributed by atoms with van der Waals surface area (Å²) >= 11 is 1.45. The molecule has 3 heterocycles. The van der Waals surface area contributed by atoms with Crippen LogP contribution < -0.4 is 0 Å². The van der Waals surface area contributed by atoms with E-state index in [1.54, 1.807) is 29.6 Å². The molecule has 0 saturated carbocycles. The van der Waals surface area contributed by atoms with Crippen molar-refractivity contribution in [1.29, 1.82) is 0 Å². The Bertz CT molecular complexity index is 1090. The van der Waals surface area contributed by atoms with Crippen molar-refractivity contribution >= 4 is 17.2 Å². The lowest BCUT2D eigenvalue weighted by molar-refractivity contribution is -0.181. The lowest BCUT2D eigenvalue weighted by Gasteiger charge is -2.37. The van der Waals surface area contributed by atoms with Crippen molar-refractivity contribution in [2.45, 2.75) is 38.3 Å². The highest BCUT2D eigenvalue weighted by molar-refractivity contribution is 7.09. The molecule has 5 rings (SSSR count). The summed E-state index contributed by atoms with van der Waals surface area (Å²) in [5, 5.41) is 2.62. The van der Waals surface area contributed by atoms with Crippen LogP contribution in [0, 0.1) is 11.6 Å². The lowest BCUT2D eigenvalue weighted by Crippen LogP contribution is -2.47. The van der Waals surface area contributed by atoms with Crippen LogP contribution in [-0.2, 0) is 29.1 Å². The van der Waals surface area contributed by atoms with E-state index < -0.39 is 5.79 Å². The van der Waals surface area contributed by atoms with E-state index in [1.807, 2.05) is 4.90 Å². The molecule has 1 aromatic heterocycles. The zero-order valence-electron chi connectivity index (χ0n) is 19.3. The second kappa shape index (κ2) is 10.5. The molecule has 0 unspecified atom stereocenters. The molecule has 2 aliphatic heterocycles. The summed E-state index contributed by atoms with van der Waals surface area (Å²) in [7, 11) is 0. The van der Waals surface area contributed by atoms with E-state index >= 15 is 0 Å². The highest BCUT2D eigenvalue weighted by atomic mass is 32.1. The SMILES string of the molecule is O=C(c1csc(CN(Cc2ccc(F)cc2)Cc2ccc(F)cc2)n1)N1CCC2(CC1)OCCO2. The maximum absolute atomic E-state index is 13.4. The van der Waals surface area contributed by atoms with Gasteiger partial charge in [0.25, 0.3) is 5.91 Å². The molecule has 1 amide bonds. The Labute approximate surface area is 207 Å². The predicted molar refractivity (Wildman–Crippen MR) is 128 cm³/mol. The molecular formula is C26H27F2N3O3S. The molecule has 2 fully saturated rings. The fourth-order valence-corrected chi connectivity index (χ4v) is 5.34. The third-order valence-electron chi connectivity index (χ3n) is 6.39. The Morgan fingerprint density at radius 2 is 1.46 bits per heavy atom. The average molecular weight is 500 g/mol. The Morgan fingerprint density at radius 1 is 0.914 bits per heavy atom. The molecule has 0 bridgehead atoms. The van der Waals surface area contributed by atoms with Crippen LogP contribution >= 0.6 is 11.3 Å². The number of halogens is 2. The second-order valence-corrected chi connectivity index (χ2v) is 9.87. The number of hydrogen-bond donors (Lipinski definition) is 0. The highest BCUT2D eigenvalue weighted by Gasteiger charge is 2.41. The predicted octanol–water partition coefficient (Wildman–Crippen LogP) is 4.60. The Hall–Kier alpha value is -2.72. The maximum Gasteiger partial charge on any atom is 0.273 e. The number of carbonyl (C=O) groups excluding carboxylic acids is 1. The van der Waals surface area contributed by atoms with Crippen LogP contribution in [-0.4, -0.2) is 52.8 Å². The monoisotopic (exact) mass is 499 g/mol. The molecule has 184 valence electrons. The topological polar surface area (TPSA) is 54.9 Å². The molecular weight excluding hydrogens is 472 g/mol. The fourth-order valence-electron chi connectivity index (χ4n) is 4.53. The minimum absolute atomic E-state index is 0.0797. The number of ether oxygens (including phenoxy) is 2. The van der Waals surface area contributed by atoms with Crippen LogP contribution in [0.1, 0.15) is 39.5 Å². The Morgan fingerprint density at radius 3 is 2.00 bits per heavy atom. The lowest BCUT2D eigenvalue weighted by atomic mass is 10.0. The third kappa shape index (κ3) is 5.92. The van der Waals surface area contributed by atoms with Gasteiger partial charge in [0.2, 0.25) is 0 Å². The standard InChI is InChI=1S/C26H27F2N3O3S/c27-21-5-1-19(2-6-21)15-30(16-20-3-7-22(28)8-4-20)17-24-29-23(18-35-24)25(32)31-11-9-26(10-12-31)33-13-14-34-26/h1-8,18H,9-17H2. The maximum atomic E-state index is 13.4. The quantitative estimate of drug-likeness (QED) is 0.476. The summed E-state index contributed by atoms with van der Waals surface area (Å²) in [6.07, 6.45) is 1.33. The molecule has 0 atom stereocenters. The van der Waals surface area contributed by atoms with Gasteiger partial charge in [0.15, 0.2) is 5.79 Å². The van der Waals surface area contributed by atoms with E-state index in [2.05, 4.69) is 9.88 Å². The minimum Gasteiger partial charge on any atom is -0.347 e. The number of aromatic nitrogens is 1. The summed E-state index contributed by atoms with van der Waals surface area (Å²) < 4.78 is 38.2. The minimum atomic E-state index is -0.523. The molecule has 6 nitrogen and oxygen atoms in total. The third-order valence-corrected chi connectivity index (χ3v) is 7.23. The van der Waals surface area contributed by atoms with Crippen LogP contribution in [0.2, 0.25) is 0 Å². The van der Waals surface area contributed by atoms with Crippen molar-refractivity contribution in [3.05, 3.63) is 87.4 Å². The normalized spacial score (nSPS) is 17.4. The van der Waals surface area contributed by atoms with Gasteiger partial charge in [0.1, 0.15) is 22.3 Å². The van der Waals surface area contributed by atoms with Gasteiger partial charge in [-0.2, -0.15) is 0 Å². The van der Waals surface area contributed by atoms with E-state index in [9.17, 15) is 13.6 Å². The summed E-state index contributed by atoms with van der Waals surface area (Å²) in [6, 6.07) is 12.8. The van der Waals surface area contributed by atoms with Crippen molar-refractivity contribution in [3.8, 4) is 0 Å². The summed E-state index contributed by atoms with van der Waals surface area (Å²) in [5.74, 6) is -1.16. The van der Waals surface area contributed by atoms with Crippen molar-refractivity contribution in [2.75, 3.05) is 26.3 Å².